The fourth-order valence-corrected chi connectivity index (χ4v) is 1.28. The summed E-state index contributed by atoms with van der Waals surface area (Å²) in [6.07, 6.45) is 15.1. The van der Waals surface area contributed by atoms with Crippen LogP contribution in [0.15, 0.2) is 12.2 Å². The van der Waals surface area contributed by atoms with Gasteiger partial charge in [0.2, 0.25) is 0 Å². The first-order chi connectivity index (χ1) is 10.6. The van der Waals surface area contributed by atoms with Crippen LogP contribution < -0.4 is 0 Å². The van der Waals surface area contributed by atoms with Crippen molar-refractivity contribution in [3.05, 3.63) is 12.2 Å². The highest BCUT2D eigenvalue weighted by Crippen LogP contribution is 2.12. The van der Waals surface area contributed by atoms with Crippen LogP contribution in [0, 0.1) is 5.92 Å². The summed E-state index contributed by atoms with van der Waals surface area (Å²) < 4.78 is 0. The van der Waals surface area contributed by atoms with Crippen molar-refractivity contribution < 1.29 is 0 Å². The molecule has 0 amide bonds. The molecule has 0 nitrogen and oxygen atoms in total. The minimum Gasteiger partial charge on any atom is -0.0885 e. The van der Waals surface area contributed by atoms with E-state index in [9.17, 15) is 0 Å². The van der Waals surface area contributed by atoms with E-state index in [0.717, 1.165) is 5.92 Å². The van der Waals surface area contributed by atoms with Crippen molar-refractivity contribution in [2.45, 2.75) is 128 Å². The zero-order chi connectivity index (χ0) is 18.6. The number of hydrogen-bond acceptors (Lipinski definition) is 0. The molecule has 0 fully saturated rings. The van der Waals surface area contributed by atoms with Crippen LogP contribution in [0.4, 0.5) is 0 Å². The summed E-state index contributed by atoms with van der Waals surface area (Å²) in [7, 11) is 0. The lowest BCUT2D eigenvalue weighted by atomic mass is 10.0. The highest BCUT2D eigenvalue weighted by molar-refractivity contribution is 4.82. The Kier molecular flexibility index (Phi) is 75.5. The van der Waals surface area contributed by atoms with Crippen molar-refractivity contribution in [2.75, 3.05) is 0 Å². The van der Waals surface area contributed by atoms with Gasteiger partial charge in [0.15, 0.2) is 0 Å². The molecule has 0 heteroatoms. The summed E-state index contributed by atoms with van der Waals surface area (Å²) >= 11 is 0. The van der Waals surface area contributed by atoms with Gasteiger partial charge in [-0.05, 0) is 18.8 Å². The lowest BCUT2D eigenvalue weighted by molar-refractivity contribution is 0.511. The van der Waals surface area contributed by atoms with Crippen LogP contribution in [0.1, 0.15) is 128 Å². The summed E-state index contributed by atoms with van der Waals surface area (Å²) in [5, 5.41) is 0. The largest absolute Gasteiger partial charge is 0.0885 e. The molecule has 0 aromatic heterocycles. The van der Waals surface area contributed by atoms with Gasteiger partial charge in [0, 0.05) is 0 Å². The van der Waals surface area contributed by atoms with Gasteiger partial charge in [-0.2, -0.15) is 0 Å². The highest BCUT2D eigenvalue weighted by atomic mass is 14.0. The second kappa shape index (κ2) is 49.8. The number of hydrogen-bond donors (Lipinski definition) is 0. The molecule has 0 aliphatic rings. The molecular weight excluding hydrogens is 264 g/mol. The molecule has 0 heterocycles. The maximum atomic E-state index is 2.35. The maximum absolute atomic E-state index is 2.35. The Morgan fingerprint density at radius 3 is 1.41 bits per heavy atom. The highest BCUT2D eigenvalue weighted by Gasteiger charge is 1.96. The van der Waals surface area contributed by atoms with Gasteiger partial charge in [-0.3, -0.25) is 0 Å². The molecule has 0 aliphatic heterocycles. The molecule has 0 radical (unpaired) electrons. The van der Waals surface area contributed by atoms with Crippen molar-refractivity contribution in [3.63, 3.8) is 0 Å². The molecule has 140 valence electrons. The Hall–Kier alpha value is -0.260. The smallest absolute Gasteiger partial charge is 0.0325 e. The van der Waals surface area contributed by atoms with E-state index in [-0.39, 0.29) is 0 Å². The Balaban J connectivity index is -0.0000000799. The van der Waals surface area contributed by atoms with Crippen molar-refractivity contribution in [1.29, 1.82) is 0 Å². The predicted octanol–water partition coefficient (Wildman–Crippen LogP) is 9.44. The average Bonchev–Trinajstić information content (AvgIpc) is 2.55. The van der Waals surface area contributed by atoms with Crippen molar-refractivity contribution in [3.8, 4) is 0 Å². The number of unbranched alkanes of at least 4 members (excludes halogenated alkanes) is 2. The van der Waals surface area contributed by atoms with Gasteiger partial charge in [-0.25, -0.2) is 0 Å². The lowest BCUT2D eigenvalue weighted by Gasteiger charge is -2.06. The normalized spacial score (nSPS) is 9.77. The summed E-state index contributed by atoms with van der Waals surface area (Å²) in [5.74, 6) is 0.887. The third-order valence-corrected chi connectivity index (χ3v) is 2.21. The van der Waals surface area contributed by atoms with E-state index in [0.29, 0.717) is 0 Å². The van der Waals surface area contributed by atoms with Crippen LogP contribution in [0.25, 0.3) is 0 Å². The van der Waals surface area contributed by atoms with Crippen LogP contribution in [-0.4, -0.2) is 0 Å². The van der Waals surface area contributed by atoms with Gasteiger partial charge in [0.1, 0.15) is 0 Å². The number of rotatable bonds is 7. The van der Waals surface area contributed by atoms with Crippen LogP contribution in [-0.2, 0) is 0 Å². The predicted molar refractivity (Wildman–Crippen MR) is 112 cm³/mol. The topological polar surface area (TPSA) is 0 Å². The van der Waals surface area contributed by atoms with Crippen LogP contribution in [0.2, 0.25) is 0 Å². The SMILES string of the molecule is CC.CC.CCC.CCC.CCC/C=C/CC(C)CCCC. The lowest BCUT2D eigenvalue weighted by Crippen LogP contribution is -1.91. The van der Waals surface area contributed by atoms with E-state index < -0.39 is 0 Å². The summed E-state index contributed by atoms with van der Waals surface area (Å²) in [5.41, 5.74) is 0. The summed E-state index contributed by atoms with van der Waals surface area (Å²) in [6.45, 7) is 23.3. The average molecular weight is 317 g/mol. The molecule has 1 atom stereocenters. The molecule has 0 saturated heterocycles. The Bertz CT molecular complexity index is 122. The fraction of sp³-hybridized carbons (Fsp3) is 0.909. The molecule has 0 aromatic rings. The zero-order valence-corrected chi connectivity index (χ0v) is 18.4. The van der Waals surface area contributed by atoms with E-state index in [4.69, 9.17) is 0 Å². The minimum absolute atomic E-state index is 0.887. The van der Waals surface area contributed by atoms with Crippen molar-refractivity contribution >= 4 is 0 Å². The van der Waals surface area contributed by atoms with E-state index >= 15 is 0 Å². The van der Waals surface area contributed by atoms with Gasteiger partial charge in [-0.1, -0.05) is 127 Å². The van der Waals surface area contributed by atoms with Gasteiger partial charge >= 0.3 is 0 Å². The molecule has 0 aliphatic carbocycles. The van der Waals surface area contributed by atoms with Gasteiger partial charge in [-0.15, -0.1) is 0 Å². The molecule has 0 rings (SSSR count). The molecule has 1 unspecified atom stereocenters. The minimum atomic E-state index is 0.887. The van der Waals surface area contributed by atoms with Crippen LogP contribution in [0.3, 0.4) is 0 Å². The van der Waals surface area contributed by atoms with Crippen molar-refractivity contribution in [1.82, 2.24) is 0 Å². The first kappa shape index (κ1) is 33.4. The molecule has 0 spiro atoms. The maximum Gasteiger partial charge on any atom is -0.0325 e. The second-order valence-electron chi connectivity index (χ2n) is 5.16. The standard InChI is InChI=1S/C12H24.2C3H8.2C2H6/c1-4-6-8-9-11-12(3)10-7-5-2;2*1-3-2;2*1-2/h8-9,12H,4-7,10-11H2,1-3H3;2*3H2,1-2H3;2*1-2H3/b9-8+;;;;. The van der Waals surface area contributed by atoms with E-state index in [1.807, 2.05) is 27.7 Å². The number of allylic oxidation sites excluding steroid dienone is 2. The Morgan fingerprint density at radius 2 is 1.09 bits per heavy atom. The summed E-state index contributed by atoms with van der Waals surface area (Å²) in [6, 6.07) is 0. The molecule has 22 heavy (non-hydrogen) atoms. The monoisotopic (exact) mass is 316 g/mol. The van der Waals surface area contributed by atoms with Gasteiger partial charge < -0.3 is 0 Å². The Labute approximate surface area is 146 Å². The molecule has 0 N–H and O–H groups in total. The van der Waals surface area contributed by atoms with Crippen LogP contribution in [0.5, 0.6) is 0 Å². The van der Waals surface area contributed by atoms with Crippen LogP contribution >= 0.6 is 0 Å². The fourth-order valence-electron chi connectivity index (χ4n) is 1.28. The van der Waals surface area contributed by atoms with E-state index in [1.54, 1.807) is 0 Å². The van der Waals surface area contributed by atoms with Gasteiger partial charge in [0.05, 0.1) is 0 Å². The van der Waals surface area contributed by atoms with Crippen molar-refractivity contribution in [2.24, 2.45) is 5.92 Å². The summed E-state index contributed by atoms with van der Waals surface area (Å²) in [4.78, 5) is 0. The molecule has 0 saturated carbocycles. The molecule has 0 aromatic carbocycles. The van der Waals surface area contributed by atoms with E-state index in [1.165, 1.54) is 51.4 Å². The molecular formula is C22H52. The zero-order valence-electron chi connectivity index (χ0n) is 18.4. The van der Waals surface area contributed by atoms with E-state index in [2.05, 4.69) is 60.6 Å². The molecule has 0 bridgehead atoms. The first-order valence-electron chi connectivity index (χ1n) is 10.3. The van der Waals surface area contributed by atoms with Gasteiger partial charge in [0.25, 0.3) is 0 Å². The quantitative estimate of drug-likeness (QED) is 0.410. The third-order valence-electron chi connectivity index (χ3n) is 2.21. The third kappa shape index (κ3) is 73.1. The first-order valence-corrected chi connectivity index (χ1v) is 10.3. The second-order valence-corrected chi connectivity index (χ2v) is 5.16. The Morgan fingerprint density at radius 1 is 0.682 bits per heavy atom.